The van der Waals surface area contributed by atoms with Crippen molar-refractivity contribution in [1.29, 1.82) is 0 Å². The number of rotatable bonds is 6. The van der Waals surface area contributed by atoms with E-state index in [1.54, 1.807) is 44.2 Å². The molecule has 3 aromatic rings. The van der Waals surface area contributed by atoms with Crippen LogP contribution in [0.2, 0.25) is 0 Å². The molecule has 1 heterocycles. The van der Waals surface area contributed by atoms with E-state index in [2.05, 4.69) is 15.5 Å². The smallest absolute Gasteiger partial charge is 0.312 e. The van der Waals surface area contributed by atoms with Crippen LogP contribution >= 0.6 is 0 Å². The van der Waals surface area contributed by atoms with Crippen LogP contribution in [0.25, 0.3) is 10.8 Å². The van der Waals surface area contributed by atoms with Gasteiger partial charge < -0.3 is 10.1 Å². The highest BCUT2D eigenvalue weighted by Gasteiger charge is 2.20. The van der Waals surface area contributed by atoms with Gasteiger partial charge in [-0.05, 0) is 31.0 Å². The predicted octanol–water partition coefficient (Wildman–Crippen LogP) is 2.17. The van der Waals surface area contributed by atoms with Gasteiger partial charge in [0.05, 0.1) is 22.4 Å². The van der Waals surface area contributed by atoms with Gasteiger partial charge in [0.25, 0.3) is 17.2 Å². The third-order valence-corrected chi connectivity index (χ3v) is 4.63. The van der Waals surface area contributed by atoms with Gasteiger partial charge in [-0.1, -0.05) is 24.3 Å². The molecule has 0 aliphatic carbocycles. The van der Waals surface area contributed by atoms with Crippen LogP contribution in [-0.4, -0.2) is 33.6 Å². The molecule has 3 rings (SSSR count). The number of carbonyl (C=O) groups excluding carboxylic acids is 2. The summed E-state index contributed by atoms with van der Waals surface area (Å²) in [5.74, 6) is -1.44. The number of nitro benzene ring substituents is 1. The summed E-state index contributed by atoms with van der Waals surface area (Å²) in [4.78, 5) is 46.7. The fourth-order valence-corrected chi connectivity index (χ4v) is 2.93. The number of ether oxygens (including phenoxy) is 1. The molecule has 10 heteroatoms. The number of nitrogens with zero attached hydrogens (tertiary/aromatic N) is 2. The first-order valence-electron chi connectivity index (χ1n) is 8.94. The average molecular weight is 410 g/mol. The van der Waals surface area contributed by atoms with Crippen LogP contribution in [0.5, 0.6) is 0 Å². The zero-order valence-electron chi connectivity index (χ0n) is 16.2. The van der Waals surface area contributed by atoms with Crippen molar-refractivity contribution >= 4 is 34.0 Å². The summed E-state index contributed by atoms with van der Waals surface area (Å²) < 4.78 is 4.98. The van der Waals surface area contributed by atoms with Crippen LogP contribution < -0.4 is 10.9 Å². The molecule has 0 unspecified atom stereocenters. The molecule has 154 valence electrons. The van der Waals surface area contributed by atoms with Crippen molar-refractivity contribution in [2.75, 3.05) is 11.9 Å². The molecule has 0 fully saturated rings. The molecule has 30 heavy (non-hydrogen) atoms. The zero-order valence-corrected chi connectivity index (χ0v) is 16.2. The molecule has 1 amide bonds. The monoisotopic (exact) mass is 410 g/mol. The molecule has 10 nitrogen and oxygen atoms in total. The first-order valence-corrected chi connectivity index (χ1v) is 8.94. The lowest BCUT2D eigenvalue weighted by molar-refractivity contribution is -0.384. The molecule has 0 atom stereocenters. The van der Waals surface area contributed by atoms with Gasteiger partial charge in [0, 0.05) is 11.5 Å². The molecule has 1 aromatic heterocycles. The summed E-state index contributed by atoms with van der Waals surface area (Å²) in [6.07, 6.45) is -0.256. The van der Waals surface area contributed by atoms with Crippen LogP contribution in [0.4, 0.5) is 11.4 Å². The second-order valence-electron chi connectivity index (χ2n) is 6.59. The molecule has 0 aliphatic heterocycles. The first kappa shape index (κ1) is 20.6. The van der Waals surface area contributed by atoms with E-state index in [0.29, 0.717) is 22.0 Å². The van der Waals surface area contributed by atoms with Gasteiger partial charge >= 0.3 is 5.97 Å². The van der Waals surface area contributed by atoms with Crippen LogP contribution in [0.15, 0.2) is 41.2 Å². The van der Waals surface area contributed by atoms with Crippen molar-refractivity contribution < 1.29 is 19.2 Å². The third kappa shape index (κ3) is 4.32. The minimum absolute atomic E-state index is 0.0642. The molecular weight excluding hydrogens is 392 g/mol. The van der Waals surface area contributed by atoms with Crippen molar-refractivity contribution in [3.8, 4) is 0 Å². The van der Waals surface area contributed by atoms with Crippen molar-refractivity contribution in [2.45, 2.75) is 20.3 Å². The molecule has 0 bridgehead atoms. The predicted molar refractivity (Wildman–Crippen MR) is 108 cm³/mol. The number of hydrogen-bond acceptors (Lipinski definition) is 7. The molecule has 2 aromatic carbocycles. The first-order chi connectivity index (χ1) is 14.3. The summed E-state index contributed by atoms with van der Waals surface area (Å²) in [6.45, 7) is 2.79. The summed E-state index contributed by atoms with van der Waals surface area (Å²) in [7, 11) is 0. The number of esters is 1. The summed E-state index contributed by atoms with van der Waals surface area (Å²) in [5, 5.41) is 20.7. The number of aromatic nitrogens is 2. The van der Waals surface area contributed by atoms with Crippen LogP contribution in [-0.2, 0) is 20.7 Å². The number of H-pyrrole nitrogens is 1. The average Bonchev–Trinajstić information content (AvgIpc) is 2.72. The number of nitro groups is 1. The number of fused-ring (bicyclic) bond motifs is 1. The van der Waals surface area contributed by atoms with Crippen LogP contribution in [0.3, 0.4) is 0 Å². The van der Waals surface area contributed by atoms with Crippen molar-refractivity contribution in [1.82, 2.24) is 10.2 Å². The third-order valence-electron chi connectivity index (χ3n) is 4.63. The fourth-order valence-electron chi connectivity index (χ4n) is 2.93. The second kappa shape index (κ2) is 8.52. The van der Waals surface area contributed by atoms with Gasteiger partial charge in [0.2, 0.25) is 0 Å². The Kier molecular flexibility index (Phi) is 5.86. The van der Waals surface area contributed by atoms with Gasteiger partial charge in [-0.2, -0.15) is 5.10 Å². The summed E-state index contributed by atoms with van der Waals surface area (Å²) in [6, 6.07) is 9.56. The Hall–Kier alpha value is -4.08. The number of carbonyl (C=O) groups is 2. The number of hydrogen-bond donors (Lipinski definition) is 2. The summed E-state index contributed by atoms with van der Waals surface area (Å²) >= 11 is 0. The topological polar surface area (TPSA) is 144 Å². The fraction of sp³-hybridized carbons (Fsp3) is 0.200. The zero-order chi connectivity index (χ0) is 21.8. The van der Waals surface area contributed by atoms with E-state index in [4.69, 9.17) is 4.74 Å². The van der Waals surface area contributed by atoms with E-state index < -0.39 is 23.4 Å². The maximum atomic E-state index is 12.2. The maximum absolute atomic E-state index is 12.2. The van der Waals surface area contributed by atoms with Gasteiger partial charge in [0.1, 0.15) is 5.69 Å². The lowest BCUT2D eigenvalue weighted by Crippen LogP contribution is -2.23. The van der Waals surface area contributed by atoms with Crippen LogP contribution in [0.1, 0.15) is 16.8 Å². The number of nitrogens with one attached hydrogen (secondary N) is 2. The molecule has 0 saturated heterocycles. The highest BCUT2D eigenvalue weighted by atomic mass is 16.6. The normalized spacial score (nSPS) is 10.6. The van der Waals surface area contributed by atoms with Crippen molar-refractivity contribution in [2.24, 2.45) is 0 Å². The van der Waals surface area contributed by atoms with Crippen LogP contribution in [0, 0.1) is 24.0 Å². The molecule has 2 N–H and O–H groups in total. The lowest BCUT2D eigenvalue weighted by Gasteiger charge is -2.11. The van der Waals surface area contributed by atoms with E-state index in [1.807, 2.05) is 0 Å². The molecule has 0 saturated carbocycles. The highest BCUT2D eigenvalue weighted by Crippen LogP contribution is 2.30. The Labute approximate surface area is 170 Å². The van der Waals surface area contributed by atoms with E-state index in [-0.39, 0.29) is 23.4 Å². The summed E-state index contributed by atoms with van der Waals surface area (Å²) in [5.41, 5.74) is 1.06. The Morgan fingerprint density at radius 3 is 2.57 bits per heavy atom. The number of aryl methyl sites for hydroxylation is 1. The van der Waals surface area contributed by atoms with Crippen molar-refractivity contribution in [3.63, 3.8) is 0 Å². The lowest BCUT2D eigenvalue weighted by atomic mass is 10.1. The largest absolute Gasteiger partial charge is 0.455 e. The molecule has 0 aliphatic rings. The highest BCUT2D eigenvalue weighted by molar-refractivity contribution is 5.96. The number of anilines is 1. The van der Waals surface area contributed by atoms with Gasteiger partial charge in [-0.15, -0.1) is 0 Å². The standard InChI is InChI=1S/C20H18N4O6/c1-11-7-8-16(24(28)29)19(12(11)2)21-17(25)10-30-18(26)9-15-13-5-3-4-6-14(13)20(27)23-22-15/h3-8H,9-10H2,1-2H3,(H,21,25)(H,23,27). The Morgan fingerprint density at radius 1 is 1.17 bits per heavy atom. The quantitative estimate of drug-likeness (QED) is 0.360. The van der Waals surface area contributed by atoms with Gasteiger partial charge in [0.15, 0.2) is 6.61 Å². The Bertz CT molecular complexity index is 1220. The Morgan fingerprint density at radius 2 is 1.87 bits per heavy atom. The maximum Gasteiger partial charge on any atom is 0.312 e. The molecule has 0 radical (unpaired) electrons. The second-order valence-corrected chi connectivity index (χ2v) is 6.59. The number of aromatic amines is 1. The Balaban J connectivity index is 1.67. The van der Waals surface area contributed by atoms with E-state index in [9.17, 15) is 24.5 Å². The number of amides is 1. The minimum Gasteiger partial charge on any atom is -0.455 e. The van der Waals surface area contributed by atoms with E-state index >= 15 is 0 Å². The molecular formula is C20H18N4O6. The van der Waals surface area contributed by atoms with E-state index in [0.717, 1.165) is 5.56 Å². The SMILES string of the molecule is Cc1ccc([N+](=O)[O-])c(NC(=O)COC(=O)Cc2n[nH]c(=O)c3ccccc23)c1C. The van der Waals surface area contributed by atoms with Gasteiger partial charge in [-0.3, -0.25) is 24.5 Å². The minimum atomic E-state index is -0.731. The number of benzene rings is 2. The van der Waals surface area contributed by atoms with E-state index in [1.165, 1.54) is 6.07 Å². The molecule has 0 spiro atoms. The van der Waals surface area contributed by atoms with Gasteiger partial charge in [-0.25, -0.2) is 5.10 Å². The van der Waals surface area contributed by atoms with Crippen molar-refractivity contribution in [3.05, 3.63) is 73.7 Å².